The highest BCUT2D eigenvalue weighted by Crippen LogP contribution is 2.23. The Morgan fingerprint density at radius 1 is 1.29 bits per heavy atom. The van der Waals surface area contributed by atoms with Gasteiger partial charge in [-0.3, -0.25) is 4.90 Å². The van der Waals surface area contributed by atoms with Gasteiger partial charge < -0.3 is 5.32 Å². The Kier molecular flexibility index (Phi) is 4.43. The molecule has 2 rings (SSSR count). The number of likely N-dealkylation sites (N-methyl/N-ethyl adjacent to an activating group) is 1. The van der Waals surface area contributed by atoms with Crippen molar-refractivity contribution in [2.24, 2.45) is 0 Å². The molecule has 0 radical (unpaired) electrons. The van der Waals surface area contributed by atoms with Crippen LogP contribution in [-0.4, -0.2) is 30.6 Å². The molecule has 1 aromatic carbocycles. The van der Waals surface area contributed by atoms with Crippen LogP contribution in [0, 0.1) is 0 Å². The van der Waals surface area contributed by atoms with Crippen molar-refractivity contribution in [2.45, 2.75) is 39.2 Å². The number of unbranched alkanes of at least 4 members (excludes halogenated alkanes) is 1. The number of benzene rings is 1. The number of anilines is 1. The summed E-state index contributed by atoms with van der Waals surface area (Å²) in [4.78, 5) is 2.62. The second-order valence-electron chi connectivity index (χ2n) is 4.88. The minimum Gasteiger partial charge on any atom is -0.383 e. The number of hydrogen-bond acceptors (Lipinski definition) is 2. The summed E-state index contributed by atoms with van der Waals surface area (Å²) in [5.74, 6) is 0. The quantitative estimate of drug-likeness (QED) is 0.839. The van der Waals surface area contributed by atoms with E-state index in [0.717, 1.165) is 13.1 Å². The molecule has 0 aliphatic carbocycles. The zero-order valence-corrected chi connectivity index (χ0v) is 11.1. The number of hydrogen-bond donors (Lipinski definition) is 1. The summed E-state index contributed by atoms with van der Waals surface area (Å²) in [7, 11) is 0. The van der Waals surface area contributed by atoms with Gasteiger partial charge in [0.25, 0.3) is 0 Å². The highest BCUT2D eigenvalue weighted by molar-refractivity contribution is 5.53. The Morgan fingerprint density at radius 2 is 2.12 bits per heavy atom. The van der Waals surface area contributed by atoms with Gasteiger partial charge >= 0.3 is 0 Å². The summed E-state index contributed by atoms with van der Waals surface area (Å²) in [5, 5.41) is 3.56. The number of para-hydroxylation sites is 1. The van der Waals surface area contributed by atoms with Crippen molar-refractivity contribution >= 4 is 5.69 Å². The maximum Gasteiger partial charge on any atom is 0.0373 e. The average molecular weight is 232 g/mol. The minimum atomic E-state index is 0.668. The Balaban J connectivity index is 2.00. The minimum absolute atomic E-state index is 0.668. The van der Waals surface area contributed by atoms with Gasteiger partial charge in [-0.05, 0) is 37.6 Å². The fourth-order valence-electron chi connectivity index (χ4n) is 2.64. The van der Waals surface area contributed by atoms with E-state index in [9.17, 15) is 0 Å². The SMILES string of the molecule is CCCCN(CC)C1CNc2ccccc2C1. The Morgan fingerprint density at radius 3 is 2.88 bits per heavy atom. The van der Waals surface area contributed by atoms with E-state index in [-0.39, 0.29) is 0 Å². The maximum atomic E-state index is 3.56. The first-order valence-electron chi connectivity index (χ1n) is 6.91. The van der Waals surface area contributed by atoms with Crippen molar-refractivity contribution in [1.82, 2.24) is 4.90 Å². The molecule has 0 spiro atoms. The highest BCUT2D eigenvalue weighted by Gasteiger charge is 2.22. The number of fused-ring (bicyclic) bond motifs is 1. The van der Waals surface area contributed by atoms with Gasteiger partial charge in [0, 0.05) is 18.3 Å². The van der Waals surface area contributed by atoms with Crippen molar-refractivity contribution in [1.29, 1.82) is 0 Å². The maximum absolute atomic E-state index is 3.56. The van der Waals surface area contributed by atoms with Gasteiger partial charge in [0.05, 0.1) is 0 Å². The van der Waals surface area contributed by atoms with Crippen molar-refractivity contribution in [3.63, 3.8) is 0 Å². The van der Waals surface area contributed by atoms with Crippen LogP contribution in [-0.2, 0) is 6.42 Å². The monoisotopic (exact) mass is 232 g/mol. The van der Waals surface area contributed by atoms with Crippen LogP contribution >= 0.6 is 0 Å². The molecule has 0 saturated heterocycles. The standard InChI is InChI=1S/C15H24N2/c1-3-5-10-17(4-2)14-11-13-8-6-7-9-15(13)16-12-14/h6-9,14,16H,3-5,10-12H2,1-2H3. The van der Waals surface area contributed by atoms with Crippen LogP contribution in [0.25, 0.3) is 0 Å². The van der Waals surface area contributed by atoms with Crippen LogP contribution in [0.1, 0.15) is 32.3 Å². The van der Waals surface area contributed by atoms with Crippen LogP contribution < -0.4 is 5.32 Å². The third-order valence-electron chi connectivity index (χ3n) is 3.72. The smallest absolute Gasteiger partial charge is 0.0373 e. The molecular formula is C15H24N2. The summed E-state index contributed by atoms with van der Waals surface area (Å²) in [6.45, 7) is 8.03. The van der Waals surface area contributed by atoms with Crippen LogP contribution in [0.5, 0.6) is 0 Å². The topological polar surface area (TPSA) is 15.3 Å². The molecule has 1 atom stereocenters. The first-order valence-corrected chi connectivity index (χ1v) is 6.91. The van der Waals surface area contributed by atoms with Gasteiger partial charge in [-0.2, -0.15) is 0 Å². The summed E-state index contributed by atoms with van der Waals surface area (Å²) >= 11 is 0. The van der Waals surface area contributed by atoms with Crippen LogP contribution in [0.4, 0.5) is 5.69 Å². The van der Waals surface area contributed by atoms with E-state index < -0.39 is 0 Å². The van der Waals surface area contributed by atoms with E-state index >= 15 is 0 Å². The van der Waals surface area contributed by atoms with E-state index in [1.807, 2.05) is 0 Å². The molecule has 1 aromatic rings. The molecule has 0 amide bonds. The van der Waals surface area contributed by atoms with Crippen molar-refractivity contribution < 1.29 is 0 Å². The predicted molar refractivity (Wildman–Crippen MR) is 74.6 cm³/mol. The van der Waals surface area contributed by atoms with Gasteiger partial charge in [0.15, 0.2) is 0 Å². The third-order valence-corrected chi connectivity index (χ3v) is 3.72. The van der Waals surface area contributed by atoms with Crippen LogP contribution in [0.3, 0.4) is 0 Å². The van der Waals surface area contributed by atoms with Crippen LogP contribution in [0.15, 0.2) is 24.3 Å². The lowest BCUT2D eigenvalue weighted by molar-refractivity contribution is 0.207. The van der Waals surface area contributed by atoms with E-state index in [4.69, 9.17) is 0 Å². The number of rotatable bonds is 5. The second-order valence-corrected chi connectivity index (χ2v) is 4.88. The lowest BCUT2D eigenvalue weighted by Crippen LogP contribution is -2.44. The molecule has 0 saturated carbocycles. The van der Waals surface area contributed by atoms with Crippen LogP contribution in [0.2, 0.25) is 0 Å². The summed E-state index contributed by atoms with van der Waals surface area (Å²) in [5.41, 5.74) is 2.80. The molecule has 0 bridgehead atoms. The molecule has 0 aromatic heterocycles. The van der Waals surface area contributed by atoms with Crippen molar-refractivity contribution in [3.05, 3.63) is 29.8 Å². The molecule has 17 heavy (non-hydrogen) atoms. The van der Waals surface area contributed by atoms with E-state index in [1.54, 1.807) is 0 Å². The largest absolute Gasteiger partial charge is 0.383 e. The number of nitrogens with zero attached hydrogens (tertiary/aromatic N) is 1. The van der Waals surface area contributed by atoms with Crippen molar-refractivity contribution in [3.8, 4) is 0 Å². The van der Waals surface area contributed by atoms with E-state index in [1.165, 1.54) is 37.1 Å². The van der Waals surface area contributed by atoms with Gasteiger partial charge in [0.1, 0.15) is 0 Å². The Labute approximate surface area is 105 Å². The first kappa shape index (κ1) is 12.4. The zero-order chi connectivity index (χ0) is 12.1. The summed E-state index contributed by atoms with van der Waals surface area (Å²) < 4.78 is 0. The van der Waals surface area contributed by atoms with Gasteiger partial charge in [0.2, 0.25) is 0 Å². The molecule has 1 aliphatic rings. The highest BCUT2D eigenvalue weighted by atomic mass is 15.2. The molecular weight excluding hydrogens is 208 g/mol. The molecule has 2 nitrogen and oxygen atoms in total. The molecule has 2 heteroatoms. The molecule has 1 heterocycles. The summed E-state index contributed by atoms with van der Waals surface area (Å²) in [6.07, 6.45) is 3.79. The Bertz CT molecular complexity index is 349. The summed E-state index contributed by atoms with van der Waals surface area (Å²) in [6, 6.07) is 9.36. The van der Waals surface area contributed by atoms with E-state index in [2.05, 4.69) is 48.3 Å². The number of nitrogens with one attached hydrogen (secondary N) is 1. The molecule has 1 aliphatic heterocycles. The molecule has 0 fully saturated rings. The zero-order valence-electron chi connectivity index (χ0n) is 11.1. The second kappa shape index (κ2) is 6.06. The predicted octanol–water partition coefficient (Wildman–Crippen LogP) is 3.15. The molecule has 94 valence electrons. The first-order chi connectivity index (χ1) is 8.35. The Hall–Kier alpha value is -1.02. The van der Waals surface area contributed by atoms with Crippen molar-refractivity contribution in [2.75, 3.05) is 25.0 Å². The van der Waals surface area contributed by atoms with E-state index in [0.29, 0.717) is 6.04 Å². The van der Waals surface area contributed by atoms with Gasteiger partial charge in [-0.25, -0.2) is 0 Å². The lowest BCUT2D eigenvalue weighted by Gasteiger charge is -2.35. The van der Waals surface area contributed by atoms with Gasteiger partial charge in [-0.1, -0.05) is 38.5 Å². The fourth-order valence-corrected chi connectivity index (χ4v) is 2.64. The normalized spacial score (nSPS) is 18.9. The fraction of sp³-hybridized carbons (Fsp3) is 0.600. The lowest BCUT2D eigenvalue weighted by atomic mass is 9.98. The molecule has 1 unspecified atom stereocenters. The average Bonchev–Trinajstić information content (AvgIpc) is 2.39. The third kappa shape index (κ3) is 3.01. The van der Waals surface area contributed by atoms with Gasteiger partial charge in [-0.15, -0.1) is 0 Å². The molecule has 1 N–H and O–H groups in total.